The summed E-state index contributed by atoms with van der Waals surface area (Å²) in [7, 11) is 0. The predicted molar refractivity (Wildman–Crippen MR) is 78.8 cm³/mol. The number of ether oxygens (including phenoxy) is 2. The summed E-state index contributed by atoms with van der Waals surface area (Å²) in [6.07, 6.45) is -0.396. The lowest BCUT2D eigenvalue weighted by Crippen LogP contribution is -2.25. The molecule has 0 aliphatic rings. The summed E-state index contributed by atoms with van der Waals surface area (Å²) >= 11 is 5.86. The first kappa shape index (κ1) is 17.5. The van der Waals surface area contributed by atoms with Gasteiger partial charge in [0.25, 0.3) is 0 Å². The molecule has 1 rings (SSSR count). The monoisotopic (exact) mass is 314 g/mol. The van der Waals surface area contributed by atoms with E-state index in [-0.39, 0.29) is 24.5 Å². The first-order chi connectivity index (χ1) is 9.73. The van der Waals surface area contributed by atoms with E-state index in [2.05, 4.69) is 0 Å². The van der Waals surface area contributed by atoms with Crippen LogP contribution in [0.1, 0.15) is 37.6 Å². The third-order valence-electron chi connectivity index (χ3n) is 2.32. The van der Waals surface area contributed by atoms with Gasteiger partial charge in [-0.1, -0.05) is 11.6 Å². The second-order valence-corrected chi connectivity index (χ2v) is 5.84. The van der Waals surface area contributed by atoms with E-state index in [1.165, 1.54) is 12.1 Å². The van der Waals surface area contributed by atoms with Crippen LogP contribution in [0.3, 0.4) is 0 Å². The van der Waals surface area contributed by atoms with E-state index in [4.69, 9.17) is 26.2 Å². The molecule has 5 nitrogen and oxygen atoms in total. The zero-order chi connectivity index (χ0) is 16.0. The number of benzene rings is 1. The fraction of sp³-hybridized carbons (Fsp3) is 0.467. The van der Waals surface area contributed by atoms with Crippen molar-refractivity contribution in [3.05, 3.63) is 28.8 Å². The lowest BCUT2D eigenvalue weighted by atomic mass is 10.1. The molecule has 0 amide bonds. The van der Waals surface area contributed by atoms with Gasteiger partial charge in [0.1, 0.15) is 24.4 Å². The number of hydrogen-bond donors (Lipinski definition) is 1. The van der Waals surface area contributed by atoms with Crippen molar-refractivity contribution >= 4 is 23.4 Å². The van der Waals surface area contributed by atoms with Crippen molar-refractivity contribution in [3.63, 3.8) is 0 Å². The van der Waals surface area contributed by atoms with Gasteiger partial charge in [-0.2, -0.15) is 0 Å². The van der Waals surface area contributed by atoms with Gasteiger partial charge >= 0.3 is 5.97 Å². The average molecular weight is 315 g/mol. The fourth-order valence-electron chi connectivity index (χ4n) is 1.61. The molecule has 0 aliphatic carbocycles. The number of carbonyl (C=O) groups excluding carboxylic acids is 2. The molecule has 6 heteroatoms. The topological polar surface area (TPSA) is 72.8 Å². The lowest BCUT2D eigenvalue weighted by Gasteiger charge is -2.19. The summed E-state index contributed by atoms with van der Waals surface area (Å²) in [5.41, 5.74) is -0.455. The highest BCUT2D eigenvalue weighted by Crippen LogP contribution is 2.24. The highest BCUT2D eigenvalue weighted by Gasteiger charge is 2.22. The molecule has 0 fully saturated rings. The number of hydrogen-bond acceptors (Lipinski definition) is 5. The quantitative estimate of drug-likeness (QED) is 0.496. The van der Waals surface area contributed by atoms with Crippen LogP contribution in [0.5, 0.6) is 5.75 Å². The Labute approximate surface area is 128 Å². The van der Waals surface area contributed by atoms with Crippen molar-refractivity contribution in [1.82, 2.24) is 0 Å². The second kappa shape index (κ2) is 7.43. The van der Waals surface area contributed by atoms with Crippen LogP contribution < -0.4 is 4.74 Å². The van der Waals surface area contributed by atoms with E-state index in [0.717, 1.165) is 0 Å². The number of Topliss-reactive ketones (excluding diaryl/α,β-unsaturated/α-hetero) is 1. The first-order valence-electron chi connectivity index (χ1n) is 6.51. The number of halogens is 1. The fourth-order valence-corrected chi connectivity index (χ4v) is 1.78. The zero-order valence-corrected chi connectivity index (χ0v) is 13.1. The maximum absolute atomic E-state index is 12.2. The van der Waals surface area contributed by atoms with E-state index in [1.54, 1.807) is 26.8 Å². The lowest BCUT2D eigenvalue weighted by molar-refractivity contribution is -0.153. The Bertz CT molecular complexity index is 519. The number of esters is 1. The van der Waals surface area contributed by atoms with Crippen molar-refractivity contribution in [2.24, 2.45) is 0 Å². The van der Waals surface area contributed by atoms with Gasteiger partial charge in [-0.15, -0.1) is 0 Å². The number of ketones is 1. The van der Waals surface area contributed by atoms with Crippen molar-refractivity contribution in [3.8, 4) is 5.75 Å². The van der Waals surface area contributed by atoms with Crippen molar-refractivity contribution < 1.29 is 24.2 Å². The predicted octanol–water partition coefficient (Wildman–Crippen LogP) is 2.63. The second-order valence-electron chi connectivity index (χ2n) is 5.40. The highest BCUT2D eigenvalue weighted by atomic mass is 35.5. The van der Waals surface area contributed by atoms with Gasteiger partial charge in [0.05, 0.1) is 12.2 Å². The Balaban J connectivity index is 2.85. The van der Waals surface area contributed by atoms with Crippen LogP contribution in [0.15, 0.2) is 18.2 Å². The Morgan fingerprint density at radius 3 is 2.52 bits per heavy atom. The molecule has 0 spiro atoms. The van der Waals surface area contributed by atoms with Crippen LogP contribution in [0.25, 0.3) is 0 Å². The normalized spacial score (nSPS) is 11.1. The van der Waals surface area contributed by atoms with Gasteiger partial charge in [-0.25, -0.2) is 0 Å². The van der Waals surface area contributed by atoms with Gasteiger partial charge in [-0.05, 0) is 39.0 Å². The first-order valence-corrected chi connectivity index (χ1v) is 6.89. The van der Waals surface area contributed by atoms with Gasteiger partial charge < -0.3 is 14.6 Å². The molecule has 1 aromatic rings. The van der Waals surface area contributed by atoms with Crippen molar-refractivity contribution in [2.75, 3.05) is 13.2 Å². The maximum atomic E-state index is 12.2. The maximum Gasteiger partial charge on any atom is 0.314 e. The number of carbonyl (C=O) groups is 2. The standard InChI is InChI=1S/C15H19ClO5/c1-15(2,3)21-14(19)9-12(18)11-8-10(16)4-5-13(11)20-7-6-17/h4-5,8,17H,6-7,9H2,1-3H3. The van der Waals surface area contributed by atoms with Crippen molar-refractivity contribution in [1.29, 1.82) is 0 Å². The number of aliphatic hydroxyl groups is 1. The molecule has 0 unspecified atom stereocenters. The van der Waals surface area contributed by atoms with Crippen LogP contribution in [-0.4, -0.2) is 35.7 Å². The minimum atomic E-state index is -0.651. The Morgan fingerprint density at radius 1 is 1.29 bits per heavy atom. The summed E-state index contributed by atoms with van der Waals surface area (Å²) in [6.45, 7) is 5.05. The van der Waals surface area contributed by atoms with E-state index in [9.17, 15) is 9.59 Å². The Kier molecular flexibility index (Phi) is 6.18. The zero-order valence-electron chi connectivity index (χ0n) is 12.3. The molecule has 0 radical (unpaired) electrons. The molecule has 0 bridgehead atoms. The third-order valence-corrected chi connectivity index (χ3v) is 2.55. The van der Waals surface area contributed by atoms with Crippen LogP contribution in [0.2, 0.25) is 5.02 Å². The largest absolute Gasteiger partial charge is 0.490 e. The Hall–Kier alpha value is -1.59. The molecule has 0 aliphatic heterocycles. The SMILES string of the molecule is CC(C)(C)OC(=O)CC(=O)c1cc(Cl)ccc1OCCO. The van der Waals surface area contributed by atoms with E-state index in [1.807, 2.05) is 0 Å². The van der Waals surface area contributed by atoms with Gasteiger partial charge in [-0.3, -0.25) is 9.59 Å². The molecule has 0 heterocycles. The van der Waals surface area contributed by atoms with Crippen LogP contribution >= 0.6 is 11.6 Å². The molecule has 0 atom stereocenters. The summed E-state index contributed by atoms with van der Waals surface area (Å²) < 4.78 is 10.4. The molecular weight excluding hydrogens is 296 g/mol. The molecule has 116 valence electrons. The van der Waals surface area contributed by atoms with Crippen molar-refractivity contribution in [2.45, 2.75) is 32.8 Å². The summed E-state index contributed by atoms with van der Waals surface area (Å²) in [5, 5.41) is 9.13. The summed E-state index contributed by atoms with van der Waals surface area (Å²) in [4.78, 5) is 23.9. The summed E-state index contributed by atoms with van der Waals surface area (Å²) in [6, 6.07) is 4.53. The molecule has 0 saturated carbocycles. The number of rotatable bonds is 6. The molecule has 1 aromatic carbocycles. The molecule has 1 N–H and O–H groups in total. The van der Waals surface area contributed by atoms with Gasteiger partial charge in [0.2, 0.25) is 0 Å². The molecule has 0 aromatic heterocycles. The minimum Gasteiger partial charge on any atom is -0.490 e. The smallest absolute Gasteiger partial charge is 0.314 e. The van der Waals surface area contributed by atoms with Gasteiger partial charge in [0, 0.05) is 5.02 Å². The van der Waals surface area contributed by atoms with Crippen LogP contribution in [0.4, 0.5) is 0 Å². The minimum absolute atomic E-state index is 0.0500. The van der Waals surface area contributed by atoms with E-state index in [0.29, 0.717) is 5.02 Å². The van der Waals surface area contributed by atoms with Crippen LogP contribution in [-0.2, 0) is 9.53 Å². The number of aliphatic hydroxyl groups excluding tert-OH is 1. The van der Waals surface area contributed by atoms with E-state index >= 15 is 0 Å². The molecular formula is C15H19ClO5. The summed E-state index contributed by atoms with van der Waals surface area (Å²) in [5.74, 6) is -0.776. The average Bonchev–Trinajstić information content (AvgIpc) is 2.34. The third kappa shape index (κ3) is 6.14. The molecule has 21 heavy (non-hydrogen) atoms. The van der Waals surface area contributed by atoms with Crippen LogP contribution in [0, 0.1) is 0 Å². The highest BCUT2D eigenvalue weighted by molar-refractivity contribution is 6.31. The Morgan fingerprint density at radius 2 is 1.95 bits per heavy atom. The van der Waals surface area contributed by atoms with E-state index < -0.39 is 23.8 Å². The molecule has 0 saturated heterocycles. The van der Waals surface area contributed by atoms with Gasteiger partial charge in [0.15, 0.2) is 5.78 Å².